The lowest BCUT2D eigenvalue weighted by Gasteiger charge is -2.18. The van der Waals surface area contributed by atoms with Gasteiger partial charge in [0.1, 0.15) is 5.75 Å². The summed E-state index contributed by atoms with van der Waals surface area (Å²) in [4.78, 5) is 24.8. The van der Waals surface area contributed by atoms with Crippen molar-refractivity contribution in [2.75, 3.05) is 26.7 Å². The Kier molecular flexibility index (Phi) is 5.85. The van der Waals surface area contributed by atoms with Gasteiger partial charge in [0.2, 0.25) is 0 Å². The van der Waals surface area contributed by atoms with Crippen molar-refractivity contribution < 1.29 is 14.3 Å². The van der Waals surface area contributed by atoms with Crippen LogP contribution in [0.25, 0.3) is 0 Å². The first-order valence-electron chi connectivity index (χ1n) is 6.35. The fourth-order valence-corrected chi connectivity index (χ4v) is 1.66. The van der Waals surface area contributed by atoms with Crippen LogP contribution in [0.15, 0.2) is 24.3 Å². The molecule has 1 aromatic carbocycles. The second kappa shape index (κ2) is 7.41. The summed E-state index contributed by atoms with van der Waals surface area (Å²) in [5, 5.41) is 2.54. The van der Waals surface area contributed by atoms with Crippen molar-refractivity contribution in [3.8, 4) is 5.75 Å². The first-order chi connectivity index (χ1) is 9.12. The van der Waals surface area contributed by atoms with Gasteiger partial charge in [-0.15, -0.1) is 0 Å². The second-order valence-corrected chi connectivity index (χ2v) is 3.96. The average molecular weight is 264 g/mol. The quantitative estimate of drug-likeness (QED) is 0.842. The van der Waals surface area contributed by atoms with E-state index in [1.54, 1.807) is 36.2 Å². The number of hydrogen-bond acceptors (Lipinski definition) is 3. The zero-order valence-corrected chi connectivity index (χ0v) is 11.6. The van der Waals surface area contributed by atoms with Crippen LogP contribution in [-0.4, -0.2) is 43.5 Å². The number of nitrogens with one attached hydrogen (secondary N) is 1. The molecule has 1 aromatic rings. The second-order valence-electron chi connectivity index (χ2n) is 3.96. The van der Waals surface area contributed by atoms with Crippen molar-refractivity contribution in [2.45, 2.75) is 13.8 Å². The molecule has 0 saturated heterocycles. The van der Waals surface area contributed by atoms with Gasteiger partial charge in [-0.2, -0.15) is 0 Å². The zero-order valence-electron chi connectivity index (χ0n) is 11.6. The number of hydrogen-bond donors (Lipinski definition) is 1. The maximum Gasteiger partial charge on any atom is 0.260 e. The number of rotatable bonds is 6. The molecular weight excluding hydrogens is 244 g/mol. The van der Waals surface area contributed by atoms with Gasteiger partial charge in [0.05, 0.1) is 0 Å². The van der Waals surface area contributed by atoms with Crippen LogP contribution in [-0.2, 0) is 4.79 Å². The first kappa shape index (κ1) is 15.0. The molecule has 104 valence electrons. The van der Waals surface area contributed by atoms with Gasteiger partial charge in [-0.05, 0) is 38.1 Å². The summed E-state index contributed by atoms with van der Waals surface area (Å²) in [6, 6.07) is 6.69. The molecule has 19 heavy (non-hydrogen) atoms. The SMILES string of the molecule is CCN(CC)C(=O)COc1ccc(C(=O)NC)cc1. The molecule has 0 fully saturated rings. The lowest BCUT2D eigenvalue weighted by atomic mass is 10.2. The van der Waals surface area contributed by atoms with Crippen molar-refractivity contribution in [1.29, 1.82) is 0 Å². The van der Waals surface area contributed by atoms with Gasteiger partial charge in [0, 0.05) is 25.7 Å². The van der Waals surface area contributed by atoms with Gasteiger partial charge in [-0.25, -0.2) is 0 Å². The number of nitrogens with zero attached hydrogens (tertiary/aromatic N) is 1. The molecule has 0 atom stereocenters. The molecule has 0 aliphatic carbocycles. The van der Waals surface area contributed by atoms with Crippen LogP contribution in [0, 0.1) is 0 Å². The highest BCUT2D eigenvalue weighted by Gasteiger charge is 2.10. The minimum Gasteiger partial charge on any atom is -0.484 e. The van der Waals surface area contributed by atoms with E-state index < -0.39 is 0 Å². The standard InChI is InChI=1S/C14H20N2O3/c1-4-16(5-2)13(17)10-19-12-8-6-11(7-9-12)14(18)15-3/h6-9H,4-5,10H2,1-3H3,(H,15,18). The molecule has 0 heterocycles. The highest BCUT2D eigenvalue weighted by Crippen LogP contribution is 2.12. The van der Waals surface area contributed by atoms with E-state index in [2.05, 4.69) is 5.32 Å². The maximum absolute atomic E-state index is 11.7. The van der Waals surface area contributed by atoms with Crippen molar-refractivity contribution >= 4 is 11.8 Å². The summed E-state index contributed by atoms with van der Waals surface area (Å²) in [6.45, 7) is 5.22. The van der Waals surface area contributed by atoms with Crippen LogP contribution in [0.5, 0.6) is 5.75 Å². The molecule has 1 N–H and O–H groups in total. The van der Waals surface area contributed by atoms with E-state index in [9.17, 15) is 9.59 Å². The van der Waals surface area contributed by atoms with Crippen LogP contribution in [0.3, 0.4) is 0 Å². The van der Waals surface area contributed by atoms with Crippen LogP contribution in [0.2, 0.25) is 0 Å². The Morgan fingerprint density at radius 1 is 1.16 bits per heavy atom. The molecule has 5 heteroatoms. The van der Waals surface area contributed by atoms with Crippen molar-refractivity contribution in [3.05, 3.63) is 29.8 Å². The van der Waals surface area contributed by atoms with E-state index >= 15 is 0 Å². The lowest BCUT2D eigenvalue weighted by Crippen LogP contribution is -2.34. The van der Waals surface area contributed by atoms with Crippen LogP contribution in [0.4, 0.5) is 0 Å². The molecule has 0 unspecified atom stereocenters. The molecule has 2 amide bonds. The van der Waals surface area contributed by atoms with Crippen LogP contribution < -0.4 is 10.1 Å². The molecule has 0 radical (unpaired) electrons. The molecule has 0 aromatic heterocycles. The first-order valence-corrected chi connectivity index (χ1v) is 6.35. The minimum atomic E-state index is -0.147. The molecule has 0 aliphatic heterocycles. The van der Waals surface area contributed by atoms with Gasteiger partial charge < -0.3 is 15.0 Å². The Hall–Kier alpha value is -2.04. The highest BCUT2D eigenvalue weighted by atomic mass is 16.5. The fraction of sp³-hybridized carbons (Fsp3) is 0.429. The predicted molar refractivity (Wildman–Crippen MR) is 73.3 cm³/mol. The number of likely N-dealkylation sites (N-methyl/N-ethyl adjacent to an activating group) is 1. The van der Waals surface area contributed by atoms with Crippen molar-refractivity contribution in [1.82, 2.24) is 10.2 Å². The lowest BCUT2D eigenvalue weighted by molar-refractivity contribution is -0.132. The molecule has 1 rings (SSSR count). The van der Waals surface area contributed by atoms with Gasteiger partial charge in [0.15, 0.2) is 6.61 Å². The normalized spacial score (nSPS) is 9.84. The summed E-state index contributed by atoms with van der Waals surface area (Å²) in [7, 11) is 1.58. The van der Waals surface area contributed by atoms with Gasteiger partial charge in [-0.3, -0.25) is 9.59 Å². The largest absolute Gasteiger partial charge is 0.484 e. The van der Waals surface area contributed by atoms with E-state index in [1.807, 2.05) is 13.8 Å². The Morgan fingerprint density at radius 2 is 1.74 bits per heavy atom. The van der Waals surface area contributed by atoms with Crippen molar-refractivity contribution in [2.24, 2.45) is 0 Å². The molecule has 0 spiro atoms. The minimum absolute atomic E-state index is 0.0149. The predicted octanol–water partition coefficient (Wildman–Crippen LogP) is 1.29. The van der Waals surface area contributed by atoms with Gasteiger partial charge >= 0.3 is 0 Å². The molecule has 0 aliphatic rings. The summed E-state index contributed by atoms with van der Waals surface area (Å²) < 4.78 is 5.40. The summed E-state index contributed by atoms with van der Waals surface area (Å²) in [6.07, 6.45) is 0. The Labute approximate surface area is 113 Å². The molecule has 5 nitrogen and oxygen atoms in total. The summed E-state index contributed by atoms with van der Waals surface area (Å²) in [5.74, 6) is 0.388. The smallest absolute Gasteiger partial charge is 0.260 e. The van der Waals surface area contributed by atoms with Crippen LogP contribution >= 0.6 is 0 Å². The van der Waals surface area contributed by atoms with Crippen molar-refractivity contribution in [3.63, 3.8) is 0 Å². The zero-order chi connectivity index (χ0) is 14.3. The molecule has 0 bridgehead atoms. The number of carbonyl (C=O) groups excluding carboxylic acids is 2. The van der Waals surface area contributed by atoms with Gasteiger partial charge in [-0.1, -0.05) is 0 Å². The maximum atomic E-state index is 11.7. The topological polar surface area (TPSA) is 58.6 Å². The summed E-state index contributed by atoms with van der Waals surface area (Å²) in [5.41, 5.74) is 0.560. The third kappa shape index (κ3) is 4.28. The Bertz CT molecular complexity index is 425. The number of ether oxygens (including phenoxy) is 1. The Balaban J connectivity index is 2.54. The van der Waals surface area contributed by atoms with Gasteiger partial charge in [0.25, 0.3) is 11.8 Å². The summed E-state index contributed by atoms with van der Waals surface area (Å²) >= 11 is 0. The third-order valence-electron chi connectivity index (χ3n) is 2.82. The monoisotopic (exact) mass is 264 g/mol. The highest BCUT2D eigenvalue weighted by molar-refractivity contribution is 5.94. The number of amides is 2. The van der Waals surface area contributed by atoms with E-state index in [-0.39, 0.29) is 18.4 Å². The molecular formula is C14H20N2O3. The number of benzene rings is 1. The fourth-order valence-electron chi connectivity index (χ4n) is 1.66. The van der Waals surface area contributed by atoms with E-state index in [0.29, 0.717) is 24.4 Å². The van der Waals surface area contributed by atoms with E-state index in [1.165, 1.54) is 0 Å². The third-order valence-corrected chi connectivity index (χ3v) is 2.82. The van der Waals surface area contributed by atoms with Crippen LogP contribution in [0.1, 0.15) is 24.2 Å². The van der Waals surface area contributed by atoms with E-state index in [0.717, 1.165) is 0 Å². The van der Waals surface area contributed by atoms with E-state index in [4.69, 9.17) is 4.74 Å². The average Bonchev–Trinajstić information content (AvgIpc) is 2.46. The molecule has 0 saturated carbocycles. The number of carbonyl (C=O) groups is 2. The Morgan fingerprint density at radius 3 is 2.21 bits per heavy atom.